The second-order valence-corrected chi connectivity index (χ2v) is 4.87. The molecule has 2 rings (SSSR count). The van der Waals surface area contributed by atoms with E-state index < -0.39 is 11.7 Å². The Balaban J connectivity index is 2.00. The van der Waals surface area contributed by atoms with Crippen molar-refractivity contribution in [3.8, 4) is 0 Å². The van der Waals surface area contributed by atoms with Crippen molar-refractivity contribution in [3.63, 3.8) is 0 Å². The first-order valence-electron chi connectivity index (χ1n) is 6.22. The number of halogens is 2. The summed E-state index contributed by atoms with van der Waals surface area (Å²) in [7, 11) is 0. The molecule has 3 nitrogen and oxygen atoms in total. The van der Waals surface area contributed by atoms with Gasteiger partial charge < -0.3 is 5.32 Å². The number of benzene rings is 1. The molecule has 0 saturated heterocycles. The predicted octanol–water partition coefficient (Wildman–Crippen LogP) is 3.41. The Morgan fingerprint density at radius 2 is 2.10 bits per heavy atom. The molecule has 5 heteroatoms. The molecule has 20 heavy (non-hydrogen) atoms. The smallest absolute Gasteiger partial charge is 0.254 e. The first kappa shape index (κ1) is 14.5. The van der Waals surface area contributed by atoms with E-state index in [0.29, 0.717) is 6.54 Å². The second-order valence-electron chi connectivity index (χ2n) is 4.51. The molecular weight excluding hydrogens is 279 g/mol. The van der Waals surface area contributed by atoms with Gasteiger partial charge in [-0.1, -0.05) is 48.9 Å². The van der Waals surface area contributed by atoms with Crippen molar-refractivity contribution in [3.05, 3.63) is 64.7 Å². The van der Waals surface area contributed by atoms with Crippen molar-refractivity contribution < 1.29 is 9.18 Å². The van der Waals surface area contributed by atoms with E-state index in [2.05, 4.69) is 10.3 Å². The Labute approximate surface area is 121 Å². The van der Waals surface area contributed by atoms with Crippen LogP contribution in [-0.2, 0) is 0 Å². The van der Waals surface area contributed by atoms with Gasteiger partial charge in [0.1, 0.15) is 11.0 Å². The molecule has 104 valence electrons. The van der Waals surface area contributed by atoms with E-state index in [9.17, 15) is 9.18 Å². The Hall–Kier alpha value is -1.94. The second kappa shape index (κ2) is 6.48. The quantitative estimate of drug-likeness (QED) is 0.878. The van der Waals surface area contributed by atoms with Crippen molar-refractivity contribution in [1.29, 1.82) is 0 Å². The summed E-state index contributed by atoms with van der Waals surface area (Å²) in [5, 5.41) is 2.73. The molecule has 1 atom stereocenters. The van der Waals surface area contributed by atoms with Crippen LogP contribution in [0.2, 0.25) is 5.15 Å². The highest BCUT2D eigenvalue weighted by Gasteiger charge is 2.14. The minimum atomic E-state index is -0.587. The molecule has 0 fully saturated rings. The molecule has 1 amide bonds. The van der Waals surface area contributed by atoms with Crippen molar-refractivity contribution in [2.45, 2.75) is 12.8 Å². The van der Waals surface area contributed by atoms with Crippen LogP contribution in [0.5, 0.6) is 0 Å². The highest BCUT2D eigenvalue weighted by molar-refractivity contribution is 6.32. The fourth-order valence-corrected chi connectivity index (χ4v) is 2.01. The van der Waals surface area contributed by atoms with Crippen LogP contribution < -0.4 is 5.32 Å². The van der Waals surface area contributed by atoms with E-state index in [-0.39, 0.29) is 16.6 Å². The number of carbonyl (C=O) groups is 1. The van der Waals surface area contributed by atoms with Gasteiger partial charge in [0.25, 0.3) is 5.91 Å². The van der Waals surface area contributed by atoms with E-state index in [0.717, 1.165) is 17.8 Å². The summed E-state index contributed by atoms with van der Waals surface area (Å²) in [4.78, 5) is 15.6. The van der Waals surface area contributed by atoms with E-state index >= 15 is 0 Å². The molecule has 1 unspecified atom stereocenters. The van der Waals surface area contributed by atoms with E-state index in [1.54, 1.807) is 0 Å². The van der Waals surface area contributed by atoms with Gasteiger partial charge in [-0.2, -0.15) is 0 Å². The largest absolute Gasteiger partial charge is 0.351 e. The van der Waals surface area contributed by atoms with E-state index in [4.69, 9.17) is 11.6 Å². The monoisotopic (exact) mass is 292 g/mol. The molecule has 1 aromatic heterocycles. The number of rotatable bonds is 4. The summed E-state index contributed by atoms with van der Waals surface area (Å²) in [5.74, 6) is -0.860. The molecule has 1 N–H and O–H groups in total. The zero-order valence-electron chi connectivity index (χ0n) is 10.9. The summed E-state index contributed by atoms with van der Waals surface area (Å²) < 4.78 is 13.1. The number of pyridine rings is 1. The number of hydrogen-bond donors (Lipinski definition) is 1. The van der Waals surface area contributed by atoms with Crippen LogP contribution in [0.25, 0.3) is 0 Å². The van der Waals surface area contributed by atoms with Crippen LogP contribution >= 0.6 is 11.6 Å². The maximum atomic E-state index is 13.1. The normalized spacial score (nSPS) is 11.9. The SMILES string of the molecule is CC(CNC(=O)c1cc(F)cnc1Cl)c1ccccc1. The molecule has 1 aromatic carbocycles. The summed E-state index contributed by atoms with van der Waals surface area (Å²) in [6.07, 6.45) is 0.978. The Kier molecular flexibility index (Phi) is 4.69. The molecule has 0 bridgehead atoms. The van der Waals surface area contributed by atoms with Crippen molar-refractivity contribution in [1.82, 2.24) is 10.3 Å². The van der Waals surface area contributed by atoms with Crippen LogP contribution in [0.3, 0.4) is 0 Å². The maximum absolute atomic E-state index is 13.1. The standard InChI is InChI=1S/C15H14ClFN2O/c1-10(11-5-3-2-4-6-11)8-19-15(20)13-7-12(17)9-18-14(13)16/h2-7,9-10H,8H2,1H3,(H,19,20). The van der Waals surface area contributed by atoms with Gasteiger partial charge in [-0.15, -0.1) is 0 Å². The first-order valence-corrected chi connectivity index (χ1v) is 6.60. The zero-order valence-corrected chi connectivity index (χ0v) is 11.7. The third-order valence-corrected chi connectivity index (χ3v) is 3.29. The number of nitrogens with zero attached hydrogens (tertiary/aromatic N) is 1. The van der Waals surface area contributed by atoms with Gasteiger partial charge in [0.2, 0.25) is 0 Å². The molecule has 1 heterocycles. The third-order valence-electron chi connectivity index (χ3n) is 2.99. The summed E-state index contributed by atoms with van der Waals surface area (Å²) in [5.41, 5.74) is 1.17. The van der Waals surface area contributed by atoms with Crippen LogP contribution in [0.4, 0.5) is 4.39 Å². The number of amides is 1. The third kappa shape index (κ3) is 3.54. The topological polar surface area (TPSA) is 42.0 Å². The lowest BCUT2D eigenvalue weighted by atomic mass is 10.0. The minimum absolute atomic E-state index is 0.00346. The zero-order chi connectivity index (χ0) is 14.5. The van der Waals surface area contributed by atoms with E-state index in [1.165, 1.54) is 0 Å². The van der Waals surface area contributed by atoms with E-state index in [1.807, 2.05) is 37.3 Å². The van der Waals surface area contributed by atoms with Gasteiger partial charge in [-0.05, 0) is 17.5 Å². The molecule has 0 radical (unpaired) electrons. The number of hydrogen-bond acceptors (Lipinski definition) is 2. The van der Waals surface area contributed by atoms with Gasteiger partial charge in [-0.25, -0.2) is 9.37 Å². The highest BCUT2D eigenvalue weighted by atomic mass is 35.5. The highest BCUT2D eigenvalue weighted by Crippen LogP contribution is 2.16. The summed E-state index contributed by atoms with van der Waals surface area (Å²) in [6, 6.07) is 10.9. The number of carbonyl (C=O) groups excluding carboxylic acids is 1. The lowest BCUT2D eigenvalue weighted by Gasteiger charge is -2.13. The summed E-state index contributed by atoms with van der Waals surface area (Å²) in [6.45, 7) is 2.44. The molecule has 0 aliphatic carbocycles. The lowest BCUT2D eigenvalue weighted by Crippen LogP contribution is -2.28. The van der Waals surface area contributed by atoms with Crippen LogP contribution in [0.1, 0.15) is 28.8 Å². The lowest BCUT2D eigenvalue weighted by molar-refractivity contribution is 0.0951. The summed E-state index contributed by atoms with van der Waals surface area (Å²) >= 11 is 5.78. The molecule has 0 saturated carbocycles. The average molecular weight is 293 g/mol. The molecule has 0 aliphatic heterocycles. The molecule has 2 aromatic rings. The van der Waals surface area contributed by atoms with Crippen LogP contribution in [0.15, 0.2) is 42.6 Å². The van der Waals surface area contributed by atoms with Crippen molar-refractivity contribution in [2.24, 2.45) is 0 Å². The van der Waals surface area contributed by atoms with Crippen LogP contribution in [0, 0.1) is 5.82 Å². The van der Waals surface area contributed by atoms with Gasteiger partial charge in [0.15, 0.2) is 0 Å². The van der Waals surface area contributed by atoms with Gasteiger partial charge in [0.05, 0.1) is 11.8 Å². The molecule has 0 aliphatic rings. The predicted molar refractivity (Wildman–Crippen MR) is 76.4 cm³/mol. The maximum Gasteiger partial charge on any atom is 0.254 e. The fraction of sp³-hybridized carbons (Fsp3) is 0.200. The molecule has 0 spiro atoms. The minimum Gasteiger partial charge on any atom is -0.351 e. The van der Waals surface area contributed by atoms with Crippen molar-refractivity contribution in [2.75, 3.05) is 6.54 Å². The van der Waals surface area contributed by atoms with Gasteiger partial charge >= 0.3 is 0 Å². The van der Waals surface area contributed by atoms with Gasteiger partial charge in [-0.3, -0.25) is 4.79 Å². The fourth-order valence-electron chi connectivity index (χ4n) is 1.82. The number of nitrogens with one attached hydrogen (secondary N) is 1. The average Bonchev–Trinajstić information content (AvgIpc) is 2.47. The van der Waals surface area contributed by atoms with Gasteiger partial charge in [0, 0.05) is 6.54 Å². The Morgan fingerprint density at radius 1 is 1.40 bits per heavy atom. The number of aromatic nitrogens is 1. The Bertz CT molecular complexity index is 604. The molecular formula is C15H14ClFN2O. The van der Waals surface area contributed by atoms with Crippen LogP contribution in [-0.4, -0.2) is 17.4 Å². The first-order chi connectivity index (χ1) is 9.58. The van der Waals surface area contributed by atoms with Crippen molar-refractivity contribution >= 4 is 17.5 Å². The Morgan fingerprint density at radius 3 is 2.80 bits per heavy atom.